The average Bonchev–Trinajstić information content (AvgIpc) is 3.09. The topological polar surface area (TPSA) is 100 Å². The first kappa shape index (κ1) is 19.4. The summed E-state index contributed by atoms with van der Waals surface area (Å²) in [7, 11) is 3.05. The molecule has 28 heavy (non-hydrogen) atoms. The van der Waals surface area contributed by atoms with Crippen molar-refractivity contribution >= 4 is 22.6 Å². The molecule has 0 saturated carbocycles. The van der Waals surface area contributed by atoms with Crippen molar-refractivity contribution in [1.82, 2.24) is 19.3 Å². The molecule has 2 heterocycles. The SMILES string of the molecule is COc1ccc(NC(=O)Cn2cnc3c(cnn3C(C)(C)C)c2=O)c(OC)c1. The summed E-state index contributed by atoms with van der Waals surface area (Å²) in [5.74, 6) is 0.687. The monoisotopic (exact) mass is 385 g/mol. The van der Waals surface area contributed by atoms with Crippen LogP contribution >= 0.6 is 0 Å². The van der Waals surface area contributed by atoms with Crippen LogP contribution in [0.5, 0.6) is 11.5 Å². The number of nitrogens with zero attached hydrogens (tertiary/aromatic N) is 4. The molecule has 0 radical (unpaired) electrons. The molecule has 3 rings (SSSR count). The number of ether oxygens (including phenoxy) is 2. The van der Waals surface area contributed by atoms with E-state index in [9.17, 15) is 9.59 Å². The summed E-state index contributed by atoms with van der Waals surface area (Å²) in [6.45, 7) is 5.74. The highest BCUT2D eigenvalue weighted by Crippen LogP contribution is 2.29. The molecule has 0 spiro atoms. The Bertz CT molecular complexity index is 1080. The highest BCUT2D eigenvalue weighted by atomic mass is 16.5. The second-order valence-corrected chi connectivity index (χ2v) is 7.26. The lowest BCUT2D eigenvalue weighted by Crippen LogP contribution is -2.29. The molecule has 2 aromatic heterocycles. The maximum atomic E-state index is 12.7. The number of aromatic nitrogens is 4. The highest BCUT2D eigenvalue weighted by molar-refractivity contribution is 5.92. The van der Waals surface area contributed by atoms with Crippen LogP contribution in [0.2, 0.25) is 0 Å². The molecule has 148 valence electrons. The van der Waals surface area contributed by atoms with Crippen LogP contribution in [0, 0.1) is 0 Å². The van der Waals surface area contributed by atoms with Gasteiger partial charge in [0.1, 0.15) is 29.8 Å². The maximum absolute atomic E-state index is 12.7. The van der Waals surface area contributed by atoms with Gasteiger partial charge in [0.15, 0.2) is 5.65 Å². The van der Waals surface area contributed by atoms with E-state index in [0.29, 0.717) is 28.2 Å². The molecular formula is C19H23N5O4. The Morgan fingerprint density at radius 3 is 2.61 bits per heavy atom. The van der Waals surface area contributed by atoms with Gasteiger partial charge in [-0.15, -0.1) is 0 Å². The fourth-order valence-electron chi connectivity index (χ4n) is 2.80. The molecule has 3 aromatic rings. The third-order valence-electron chi connectivity index (χ3n) is 4.19. The number of rotatable bonds is 5. The zero-order chi connectivity index (χ0) is 20.5. The number of benzene rings is 1. The number of methoxy groups -OCH3 is 2. The van der Waals surface area contributed by atoms with Crippen LogP contribution in [0.3, 0.4) is 0 Å². The van der Waals surface area contributed by atoms with Gasteiger partial charge < -0.3 is 14.8 Å². The second-order valence-electron chi connectivity index (χ2n) is 7.26. The van der Waals surface area contributed by atoms with Gasteiger partial charge in [-0.25, -0.2) is 9.67 Å². The van der Waals surface area contributed by atoms with Gasteiger partial charge in [-0.3, -0.25) is 14.2 Å². The van der Waals surface area contributed by atoms with Crippen molar-refractivity contribution in [2.45, 2.75) is 32.9 Å². The van der Waals surface area contributed by atoms with E-state index in [4.69, 9.17) is 9.47 Å². The first-order valence-corrected chi connectivity index (χ1v) is 8.70. The van der Waals surface area contributed by atoms with Crippen LogP contribution in [-0.4, -0.2) is 39.5 Å². The predicted molar refractivity (Wildman–Crippen MR) is 105 cm³/mol. The lowest BCUT2D eigenvalue weighted by molar-refractivity contribution is -0.116. The van der Waals surface area contributed by atoms with E-state index >= 15 is 0 Å². The van der Waals surface area contributed by atoms with Crippen molar-refractivity contribution in [3.63, 3.8) is 0 Å². The molecule has 0 bridgehead atoms. The zero-order valence-corrected chi connectivity index (χ0v) is 16.5. The Hall–Kier alpha value is -3.36. The molecular weight excluding hydrogens is 362 g/mol. The van der Waals surface area contributed by atoms with E-state index in [1.807, 2.05) is 20.8 Å². The number of amides is 1. The summed E-state index contributed by atoms with van der Waals surface area (Å²) in [5.41, 5.74) is 0.342. The minimum absolute atomic E-state index is 0.183. The standard InChI is InChI=1S/C19H23N5O4/c1-19(2,3)24-17-13(9-21-24)18(26)23(11-20-17)10-16(25)22-14-7-6-12(27-4)8-15(14)28-5/h6-9,11H,10H2,1-5H3,(H,22,25). The van der Waals surface area contributed by atoms with Crippen LogP contribution in [0.25, 0.3) is 11.0 Å². The second kappa shape index (κ2) is 7.34. The molecule has 0 fully saturated rings. The largest absolute Gasteiger partial charge is 0.497 e. The fourth-order valence-corrected chi connectivity index (χ4v) is 2.80. The summed E-state index contributed by atoms with van der Waals surface area (Å²) >= 11 is 0. The summed E-state index contributed by atoms with van der Waals surface area (Å²) in [5, 5.41) is 7.37. The van der Waals surface area contributed by atoms with Crippen LogP contribution < -0.4 is 20.3 Å². The summed E-state index contributed by atoms with van der Waals surface area (Å²) in [6, 6.07) is 5.04. The molecule has 0 saturated heterocycles. The van der Waals surface area contributed by atoms with Crippen LogP contribution in [0.4, 0.5) is 5.69 Å². The van der Waals surface area contributed by atoms with E-state index in [1.54, 1.807) is 30.0 Å². The molecule has 0 aliphatic carbocycles. The van der Waals surface area contributed by atoms with Crippen molar-refractivity contribution in [2.75, 3.05) is 19.5 Å². The Kier molecular flexibility index (Phi) is 5.08. The number of carbonyl (C=O) groups is 1. The van der Waals surface area contributed by atoms with Crippen molar-refractivity contribution in [2.24, 2.45) is 0 Å². The lowest BCUT2D eigenvalue weighted by atomic mass is 10.1. The molecule has 1 aromatic carbocycles. The van der Waals surface area contributed by atoms with Gasteiger partial charge in [-0.1, -0.05) is 0 Å². The maximum Gasteiger partial charge on any atom is 0.264 e. The summed E-state index contributed by atoms with van der Waals surface area (Å²) in [4.78, 5) is 29.5. The van der Waals surface area contributed by atoms with Crippen LogP contribution in [-0.2, 0) is 16.9 Å². The van der Waals surface area contributed by atoms with Gasteiger partial charge in [0.05, 0.1) is 31.6 Å². The first-order chi connectivity index (χ1) is 13.2. The Labute approximate surface area is 161 Å². The van der Waals surface area contributed by atoms with Gasteiger partial charge in [-0.05, 0) is 32.9 Å². The number of anilines is 1. The van der Waals surface area contributed by atoms with Crippen LogP contribution in [0.1, 0.15) is 20.8 Å². The molecule has 0 aliphatic heterocycles. The fraction of sp³-hybridized carbons (Fsp3) is 0.368. The average molecular weight is 385 g/mol. The lowest BCUT2D eigenvalue weighted by Gasteiger charge is -2.19. The number of nitrogens with one attached hydrogen (secondary N) is 1. The van der Waals surface area contributed by atoms with Gasteiger partial charge >= 0.3 is 0 Å². The van der Waals surface area contributed by atoms with Gasteiger partial charge in [0.2, 0.25) is 5.91 Å². The smallest absolute Gasteiger partial charge is 0.264 e. The van der Waals surface area contributed by atoms with Gasteiger partial charge in [0.25, 0.3) is 5.56 Å². The quantitative estimate of drug-likeness (QED) is 0.721. The normalized spacial score (nSPS) is 11.5. The minimum atomic E-state index is -0.380. The zero-order valence-electron chi connectivity index (χ0n) is 16.5. The summed E-state index contributed by atoms with van der Waals surface area (Å²) in [6.07, 6.45) is 2.84. The van der Waals surface area contributed by atoms with Gasteiger partial charge in [0, 0.05) is 6.07 Å². The number of carbonyl (C=O) groups excluding carboxylic acids is 1. The van der Waals surface area contributed by atoms with E-state index < -0.39 is 0 Å². The Morgan fingerprint density at radius 1 is 1.21 bits per heavy atom. The van der Waals surface area contributed by atoms with E-state index in [0.717, 1.165) is 0 Å². The minimum Gasteiger partial charge on any atom is -0.497 e. The molecule has 9 heteroatoms. The molecule has 0 aliphatic rings. The first-order valence-electron chi connectivity index (χ1n) is 8.70. The van der Waals surface area contributed by atoms with Crippen molar-refractivity contribution in [3.05, 3.63) is 41.1 Å². The Balaban J connectivity index is 1.84. The van der Waals surface area contributed by atoms with E-state index in [2.05, 4.69) is 15.4 Å². The molecule has 0 unspecified atom stereocenters. The molecule has 0 atom stereocenters. The van der Waals surface area contributed by atoms with Gasteiger partial charge in [-0.2, -0.15) is 5.10 Å². The van der Waals surface area contributed by atoms with Crippen molar-refractivity contribution in [1.29, 1.82) is 0 Å². The third kappa shape index (κ3) is 3.68. The van der Waals surface area contributed by atoms with Crippen molar-refractivity contribution in [3.8, 4) is 11.5 Å². The highest BCUT2D eigenvalue weighted by Gasteiger charge is 2.20. The molecule has 1 N–H and O–H groups in total. The number of fused-ring (bicyclic) bond motifs is 1. The molecule has 1 amide bonds. The third-order valence-corrected chi connectivity index (χ3v) is 4.19. The van der Waals surface area contributed by atoms with E-state index in [-0.39, 0.29) is 23.6 Å². The van der Waals surface area contributed by atoms with Crippen LogP contribution in [0.15, 0.2) is 35.5 Å². The number of hydrogen-bond acceptors (Lipinski definition) is 6. The number of hydrogen-bond donors (Lipinski definition) is 1. The molecule has 9 nitrogen and oxygen atoms in total. The van der Waals surface area contributed by atoms with Crippen molar-refractivity contribution < 1.29 is 14.3 Å². The summed E-state index contributed by atoms with van der Waals surface area (Å²) < 4.78 is 13.4. The van der Waals surface area contributed by atoms with E-state index in [1.165, 1.54) is 24.2 Å². The predicted octanol–water partition coefficient (Wildman–Crippen LogP) is 2.00. The Morgan fingerprint density at radius 2 is 1.96 bits per heavy atom.